The lowest BCUT2D eigenvalue weighted by Crippen LogP contribution is -2.52. The summed E-state index contributed by atoms with van der Waals surface area (Å²) in [7, 11) is 0. The lowest BCUT2D eigenvalue weighted by Gasteiger charge is -2.41. The Bertz CT molecular complexity index is 1610. The molecule has 3 aliphatic heterocycles. The highest BCUT2D eigenvalue weighted by atomic mass is 35.5. The van der Waals surface area contributed by atoms with Gasteiger partial charge >= 0.3 is 0 Å². The smallest absolute Gasteiger partial charge is 0.274 e. The SMILES string of the molecule is Cc1ccc2c(N3CCN(CCc4cccc5c4OCc4c(C(=O)N6CCOCC6)ncn4-5)[C@H](C)C3)cccc2n1.Cl.Cl. The maximum atomic E-state index is 13.1. The van der Waals surface area contributed by atoms with E-state index in [4.69, 9.17) is 14.5 Å². The Morgan fingerprint density at radius 2 is 1.77 bits per heavy atom. The summed E-state index contributed by atoms with van der Waals surface area (Å²) in [5, 5.41) is 1.22. The summed E-state index contributed by atoms with van der Waals surface area (Å²) in [5.41, 5.74) is 6.82. The number of para-hydroxylation sites is 1. The van der Waals surface area contributed by atoms with Crippen LogP contribution >= 0.6 is 24.8 Å². The van der Waals surface area contributed by atoms with Gasteiger partial charge in [-0.1, -0.05) is 18.2 Å². The predicted octanol–water partition coefficient (Wildman–Crippen LogP) is 4.69. The number of fused-ring (bicyclic) bond motifs is 4. The van der Waals surface area contributed by atoms with E-state index >= 15 is 0 Å². The Labute approximate surface area is 264 Å². The summed E-state index contributed by atoms with van der Waals surface area (Å²) in [5.74, 6) is 0.848. The van der Waals surface area contributed by atoms with Crippen LogP contribution in [0.2, 0.25) is 0 Å². The molecule has 228 valence electrons. The number of hydrogen-bond acceptors (Lipinski definition) is 7. The molecule has 0 unspecified atom stereocenters. The molecule has 0 saturated carbocycles. The highest BCUT2D eigenvalue weighted by Crippen LogP contribution is 2.35. The second kappa shape index (κ2) is 13.1. The Balaban J connectivity index is 0.00000184. The lowest BCUT2D eigenvalue weighted by molar-refractivity contribution is 0.0297. The first-order chi connectivity index (χ1) is 20.1. The molecule has 11 heteroatoms. The van der Waals surface area contributed by atoms with Crippen LogP contribution in [0.5, 0.6) is 5.75 Å². The number of aromatic nitrogens is 3. The fourth-order valence-electron chi connectivity index (χ4n) is 6.41. The van der Waals surface area contributed by atoms with Gasteiger partial charge in [0.2, 0.25) is 0 Å². The number of carbonyl (C=O) groups is 1. The molecule has 2 saturated heterocycles. The summed E-state index contributed by atoms with van der Waals surface area (Å²) in [6.07, 6.45) is 2.66. The van der Waals surface area contributed by atoms with Gasteiger partial charge in [0, 0.05) is 62.1 Å². The first-order valence-corrected chi connectivity index (χ1v) is 14.6. The van der Waals surface area contributed by atoms with Crippen molar-refractivity contribution in [3.8, 4) is 11.4 Å². The van der Waals surface area contributed by atoms with Gasteiger partial charge in [0.15, 0.2) is 5.69 Å². The number of amides is 1. The van der Waals surface area contributed by atoms with Crippen molar-refractivity contribution in [1.29, 1.82) is 0 Å². The van der Waals surface area contributed by atoms with Crippen LogP contribution in [0.4, 0.5) is 5.69 Å². The number of morpholine rings is 1. The van der Waals surface area contributed by atoms with Crippen molar-refractivity contribution in [2.24, 2.45) is 0 Å². The molecule has 0 aliphatic carbocycles. The molecule has 3 aliphatic rings. The summed E-state index contributed by atoms with van der Waals surface area (Å²) in [6, 6.07) is 17.5. The molecule has 2 fully saturated rings. The van der Waals surface area contributed by atoms with Crippen LogP contribution in [0.25, 0.3) is 16.6 Å². The first-order valence-electron chi connectivity index (χ1n) is 14.6. The van der Waals surface area contributed by atoms with Gasteiger partial charge in [0.1, 0.15) is 18.7 Å². The number of imidazole rings is 1. The molecule has 4 aromatic rings. The maximum Gasteiger partial charge on any atom is 0.274 e. The molecule has 1 atom stereocenters. The molecular weight excluding hydrogens is 587 g/mol. The van der Waals surface area contributed by atoms with Gasteiger partial charge in [-0.15, -0.1) is 24.8 Å². The summed E-state index contributed by atoms with van der Waals surface area (Å²) in [6.45, 7) is 11.0. The molecule has 2 aromatic carbocycles. The quantitative estimate of drug-likeness (QED) is 0.319. The Kier molecular flexibility index (Phi) is 9.46. The van der Waals surface area contributed by atoms with Crippen LogP contribution in [-0.4, -0.2) is 88.8 Å². The van der Waals surface area contributed by atoms with E-state index in [9.17, 15) is 4.79 Å². The van der Waals surface area contributed by atoms with E-state index in [-0.39, 0.29) is 30.7 Å². The first kappa shape index (κ1) is 31.1. The average Bonchev–Trinajstić information content (AvgIpc) is 3.45. The van der Waals surface area contributed by atoms with Gasteiger partial charge in [-0.25, -0.2) is 4.98 Å². The standard InChI is InChI=1S/C32H36N6O3.2ClH/c1-22-9-10-25-26(34-22)6-4-7-27(25)37-14-13-35(23(2)19-37)12-11-24-5-3-8-28-31(24)41-20-29-30(33-21-38(28)29)32(39)36-15-17-40-18-16-36;;/h3-10,21,23H,11-20H2,1-2H3;2*1H/t23-;;/m1../s1. The molecule has 0 N–H and O–H groups in total. The highest BCUT2D eigenvalue weighted by Gasteiger charge is 2.30. The lowest BCUT2D eigenvalue weighted by atomic mass is 10.1. The zero-order valence-corrected chi connectivity index (χ0v) is 26.2. The van der Waals surface area contributed by atoms with E-state index in [0.717, 1.165) is 60.9 Å². The third-order valence-corrected chi connectivity index (χ3v) is 8.68. The van der Waals surface area contributed by atoms with E-state index in [2.05, 4.69) is 64.2 Å². The van der Waals surface area contributed by atoms with Crippen molar-refractivity contribution in [1.82, 2.24) is 24.3 Å². The zero-order chi connectivity index (χ0) is 27.9. The number of piperazine rings is 1. The average molecular weight is 626 g/mol. The fourth-order valence-corrected chi connectivity index (χ4v) is 6.41. The number of rotatable bonds is 5. The van der Waals surface area contributed by atoms with E-state index in [0.29, 0.717) is 44.6 Å². The number of benzene rings is 2. The number of anilines is 1. The molecule has 0 spiro atoms. The van der Waals surface area contributed by atoms with Crippen molar-refractivity contribution in [3.05, 3.63) is 77.5 Å². The van der Waals surface area contributed by atoms with E-state index in [1.165, 1.54) is 16.6 Å². The van der Waals surface area contributed by atoms with Gasteiger partial charge in [-0.05, 0) is 56.2 Å². The number of carbonyl (C=O) groups excluding carboxylic acids is 1. The predicted molar refractivity (Wildman–Crippen MR) is 173 cm³/mol. The minimum Gasteiger partial charge on any atom is -0.485 e. The molecule has 1 amide bonds. The third-order valence-electron chi connectivity index (χ3n) is 8.68. The minimum atomic E-state index is -0.0479. The van der Waals surface area contributed by atoms with E-state index in [1.54, 1.807) is 6.33 Å². The number of nitrogens with zero attached hydrogens (tertiary/aromatic N) is 6. The number of halogens is 2. The van der Waals surface area contributed by atoms with Crippen LogP contribution in [0.1, 0.15) is 34.4 Å². The van der Waals surface area contributed by atoms with Crippen molar-refractivity contribution >= 4 is 47.3 Å². The largest absolute Gasteiger partial charge is 0.485 e. The summed E-state index contributed by atoms with van der Waals surface area (Å²) < 4.78 is 13.8. The Hall–Kier alpha value is -3.37. The molecular formula is C32H38Cl2N6O3. The number of pyridine rings is 1. The van der Waals surface area contributed by atoms with Gasteiger partial charge < -0.3 is 19.3 Å². The van der Waals surface area contributed by atoms with Gasteiger partial charge in [-0.2, -0.15) is 0 Å². The maximum absolute atomic E-state index is 13.1. The molecule has 43 heavy (non-hydrogen) atoms. The van der Waals surface area contributed by atoms with Gasteiger partial charge in [-0.3, -0.25) is 19.2 Å². The molecule has 2 aromatic heterocycles. The van der Waals surface area contributed by atoms with Crippen LogP contribution in [0.15, 0.2) is 54.9 Å². The molecule has 5 heterocycles. The summed E-state index contributed by atoms with van der Waals surface area (Å²) in [4.78, 5) is 29.3. The number of ether oxygens (including phenoxy) is 2. The third kappa shape index (κ3) is 5.91. The number of hydrogen-bond donors (Lipinski definition) is 0. The van der Waals surface area contributed by atoms with Gasteiger partial charge in [0.25, 0.3) is 5.91 Å². The van der Waals surface area contributed by atoms with E-state index in [1.807, 2.05) is 22.5 Å². The van der Waals surface area contributed by atoms with Crippen molar-refractivity contribution in [3.63, 3.8) is 0 Å². The summed E-state index contributed by atoms with van der Waals surface area (Å²) >= 11 is 0. The van der Waals surface area contributed by atoms with Crippen LogP contribution < -0.4 is 9.64 Å². The Morgan fingerprint density at radius 1 is 0.977 bits per heavy atom. The van der Waals surface area contributed by atoms with Crippen LogP contribution in [-0.2, 0) is 17.8 Å². The van der Waals surface area contributed by atoms with Crippen LogP contribution in [0.3, 0.4) is 0 Å². The molecule has 9 nitrogen and oxygen atoms in total. The monoisotopic (exact) mass is 624 g/mol. The number of aryl methyl sites for hydroxylation is 1. The normalized spacial score (nSPS) is 18.2. The van der Waals surface area contributed by atoms with E-state index < -0.39 is 0 Å². The topological polar surface area (TPSA) is 76.0 Å². The Morgan fingerprint density at radius 3 is 2.58 bits per heavy atom. The van der Waals surface area contributed by atoms with Crippen LogP contribution in [0, 0.1) is 6.92 Å². The minimum absolute atomic E-state index is 0. The van der Waals surface area contributed by atoms with Crippen molar-refractivity contribution < 1.29 is 14.3 Å². The van der Waals surface area contributed by atoms with Crippen molar-refractivity contribution in [2.75, 3.05) is 57.4 Å². The highest BCUT2D eigenvalue weighted by molar-refractivity contribution is 5.94. The second-order valence-corrected chi connectivity index (χ2v) is 11.2. The van der Waals surface area contributed by atoms with Gasteiger partial charge in [0.05, 0.1) is 30.1 Å². The zero-order valence-electron chi connectivity index (χ0n) is 24.6. The van der Waals surface area contributed by atoms with Crippen molar-refractivity contribution in [2.45, 2.75) is 32.9 Å². The second-order valence-electron chi connectivity index (χ2n) is 11.2. The molecule has 7 rings (SSSR count). The molecule has 0 radical (unpaired) electrons. The fraction of sp³-hybridized carbons (Fsp3) is 0.406. The molecule has 0 bridgehead atoms.